The lowest BCUT2D eigenvalue weighted by Gasteiger charge is -2.26. The van der Waals surface area contributed by atoms with Gasteiger partial charge in [0.15, 0.2) is 0 Å². The largest absolute Gasteiger partial charge is 0.313 e. The van der Waals surface area contributed by atoms with E-state index in [-0.39, 0.29) is 0 Å². The molecule has 0 aromatic heterocycles. The van der Waals surface area contributed by atoms with Gasteiger partial charge in [-0.05, 0) is 31.1 Å². The van der Waals surface area contributed by atoms with Crippen molar-refractivity contribution in [1.29, 1.82) is 0 Å². The van der Waals surface area contributed by atoms with Crippen LogP contribution in [0.15, 0.2) is 0 Å². The van der Waals surface area contributed by atoms with Crippen LogP contribution in [-0.2, 0) is 0 Å². The van der Waals surface area contributed by atoms with Gasteiger partial charge in [0.05, 0.1) is 0 Å². The Morgan fingerprint density at radius 3 is 2.23 bits per heavy atom. The predicted molar refractivity (Wildman–Crippen MR) is 58.9 cm³/mol. The molecule has 13 heavy (non-hydrogen) atoms. The maximum absolute atomic E-state index is 3.66. The molecule has 1 heteroatoms. The van der Waals surface area contributed by atoms with E-state index in [1.54, 1.807) is 0 Å². The summed E-state index contributed by atoms with van der Waals surface area (Å²) in [6.45, 7) is 10.4. The average Bonchev–Trinajstić information content (AvgIpc) is 2.50. The minimum absolute atomic E-state index is 0.423. The minimum atomic E-state index is 0.423. The molecule has 0 spiro atoms. The average molecular weight is 183 g/mol. The second kappa shape index (κ2) is 4.45. The quantitative estimate of drug-likeness (QED) is 0.708. The molecule has 0 heterocycles. The van der Waals surface area contributed by atoms with Crippen LogP contribution in [0.4, 0.5) is 0 Å². The van der Waals surface area contributed by atoms with Crippen molar-refractivity contribution in [2.24, 2.45) is 11.3 Å². The lowest BCUT2D eigenvalue weighted by molar-refractivity contribution is 0.310. The van der Waals surface area contributed by atoms with Crippen molar-refractivity contribution in [3.05, 3.63) is 0 Å². The summed E-state index contributed by atoms with van der Waals surface area (Å²) in [5, 5.41) is 3.66. The molecule has 0 aromatic carbocycles. The fraction of sp³-hybridized carbons (Fsp3) is 1.00. The summed E-state index contributed by atoms with van der Waals surface area (Å²) >= 11 is 0. The summed E-state index contributed by atoms with van der Waals surface area (Å²) in [7, 11) is 0. The minimum Gasteiger partial charge on any atom is -0.313 e. The van der Waals surface area contributed by atoms with Crippen LogP contribution < -0.4 is 5.32 Å². The van der Waals surface area contributed by atoms with E-state index < -0.39 is 0 Å². The first kappa shape index (κ1) is 11.0. The maximum atomic E-state index is 3.66. The molecule has 0 radical (unpaired) electrons. The van der Waals surface area contributed by atoms with Gasteiger partial charge in [0.1, 0.15) is 0 Å². The highest BCUT2D eigenvalue weighted by Gasteiger charge is 2.22. The van der Waals surface area contributed by atoms with Crippen molar-refractivity contribution in [2.75, 3.05) is 6.54 Å². The van der Waals surface area contributed by atoms with Crippen LogP contribution in [0.2, 0.25) is 0 Å². The Hall–Kier alpha value is -0.0400. The molecular formula is C12H25N. The van der Waals surface area contributed by atoms with Gasteiger partial charge < -0.3 is 5.32 Å². The number of rotatable bonds is 3. The first-order valence-corrected chi connectivity index (χ1v) is 5.72. The van der Waals surface area contributed by atoms with Gasteiger partial charge in [-0.1, -0.05) is 33.6 Å². The van der Waals surface area contributed by atoms with Crippen LogP contribution in [0, 0.1) is 11.3 Å². The zero-order valence-corrected chi connectivity index (χ0v) is 9.69. The van der Waals surface area contributed by atoms with Gasteiger partial charge in [-0.2, -0.15) is 0 Å². The fourth-order valence-corrected chi connectivity index (χ4v) is 2.09. The van der Waals surface area contributed by atoms with E-state index in [0.717, 1.165) is 18.5 Å². The van der Waals surface area contributed by atoms with E-state index >= 15 is 0 Å². The molecule has 1 nitrogen and oxygen atoms in total. The molecular weight excluding hydrogens is 158 g/mol. The second-order valence-electron chi connectivity index (χ2n) is 5.77. The van der Waals surface area contributed by atoms with E-state index in [0.29, 0.717) is 5.41 Å². The molecule has 0 bridgehead atoms. The van der Waals surface area contributed by atoms with Crippen LogP contribution in [0.3, 0.4) is 0 Å². The van der Waals surface area contributed by atoms with Gasteiger partial charge in [-0.15, -0.1) is 0 Å². The second-order valence-corrected chi connectivity index (χ2v) is 5.77. The summed E-state index contributed by atoms with van der Waals surface area (Å²) < 4.78 is 0. The summed E-state index contributed by atoms with van der Waals surface area (Å²) in [5.41, 5.74) is 0.423. The summed E-state index contributed by atoms with van der Waals surface area (Å²) in [6.07, 6.45) is 5.79. The van der Waals surface area contributed by atoms with Gasteiger partial charge in [0.2, 0.25) is 0 Å². The topological polar surface area (TPSA) is 12.0 Å². The first-order chi connectivity index (χ1) is 5.99. The monoisotopic (exact) mass is 183 g/mol. The van der Waals surface area contributed by atoms with E-state index in [1.807, 2.05) is 0 Å². The summed E-state index contributed by atoms with van der Waals surface area (Å²) in [4.78, 5) is 0. The van der Waals surface area contributed by atoms with E-state index in [1.165, 1.54) is 25.7 Å². The van der Waals surface area contributed by atoms with Crippen molar-refractivity contribution in [3.63, 3.8) is 0 Å². The smallest absolute Gasteiger partial charge is 0.00672 e. The Balaban J connectivity index is 2.20. The molecule has 1 aliphatic rings. The first-order valence-electron chi connectivity index (χ1n) is 5.72. The third-order valence-corrected chi connectivity index (χ3v) is 3.06. The van der Waals surface area contributed by atoms with Crippen molar-refractivity contribution < 1.29 is 0 Å². The Morgan fingerprint density at radius 2 is 1.77 bits per heavy atom. The highest BCUT2D eigenvalue weighted by molar-refractivity contribution is 4.78. The van der Waals surface area contributed by atoms with Crippen molar-refractivity contribution >= 4 is 0 Å². The highest BCUT2D eigenvalue weighted by Crippen LogP contribution is 2.27. The van der Waals surface area contributed by atoms with Crippen LogP contribution in [0.1, 0.15) is 53.4 Å². The third-order valence-electron chi connectivity index (χ3n) is 3.06. The lowest BCUT2D eigenvalue weighted by Crippen LogP contribution is -2.37. The fourth-order valence-electron chi connectivity index (χ4n) is 2.09. The molecule has 0 unspecified atom stereocenters. The van der Waals surface area contributed by atoms with Crippen molar-refractivity contribution in [3.8, 4) is 0 Å². The van der Waals surface area contributed by atoms with E-state index in [9.17, 15) is 0 Å². The molecule has 0 saturated heterocycles. The van der Waals surface area contributed by atoms with Gasteiger partial charge in [0, 0.05) is 12.6 Å². The van der Waals surface area contributed by atoms with Gasteiger partial charge in [-0.25, -0.2) is 0 Å². The van der Waals surface area contributed by atoms with Gasteiger partial charge in [-0.3, -0.25) is 0 Å². The predicted octanol–water partition coefficient (Wildman–Crippen LogP) is 3.20. The molecule has 1 aliphatic carbocycles. The molecule has 1 fully saturated rings. The number of nitrogens with one attached hydrogen (secondary N) is 1. The Bertz CT molecular complexity index is 140. The summed E-state index contributed by atoms with van der Waals surface area (Å²) in [6, 6.07) is 0.724. The zero-order chi connectivity index (χ0) is 9.90. The standard InChI is InChI=1S/C12H25N/c1-10(11-7-5-6-8-11)13-9-12(2,3)4/h10-11,13H,5-9H2,1-4H3/t10-/m0/s1. The van der Waals surface area contributed by atoms with E-state index in [4.69, 9.17) is 0 Å². The highest BCUT2D eigenvalue weighted by atomic mass is 14.9. The molecule has 0 aliphatic heterocycles. The SMILES string of the molecule is C[C@H](NCC(C)(C)C)C1CCCC1. The molecule has 1 N–H and O–H groups in total. The number of hydrogen-bond donors (Lipinski definition) is 1. The number of hydrogen-bond acceptors (Lipinski definition) is 1. The molecule has 1 atom stereocenters. The molecule has 78 valence electrons. The Kier molecular flexibility index (Phi) is 3.78. The molecule has 1 saturated carbocycles. The van der Waals surface area contributed by atoms with Crippen LogP contribution in [0.25, 0.3) is 0 Å². The van der Waals surface area contributed by atoms with Crippen LogP contribution >= 0.6 is 0 Å². The van der Waals surface area contributed by atoms with Crippen molar-refractivity contribution in [1.82, 2.24) is 5.32 Å². The Morgan fingerprint density at radius 1 is 1.23 bits per heavy atom. The molecule has 1 rings (SSSR count). The zero-order valence-electron chi connectivity index (χ0n) is 9.69. The van der Waals surface area contributed by atoms with Gasteiger partial charge >= 0.3 is 0 Å². The maximum Gasteiger partial charge on any atom is 0.00672 e. The molecule has 0 amide bonds. The van der Waals surface area contributed by atoms with Crippen LogP contribution in [0.5, 0.6) is 0 Å². The Labute approximate surface area is 83.3 Å². The molecule has 0 aromatic rings. The van der Waals surface area contributed by atoms with Gasteiger partial charge in [0.25, 0.3) is 0 Å². The van der Waals surface area contributed by atoms with Crippen LogP contribution in [-0.4, -0.2) is 12.6 Å². The van der Waals surface area contributed by atoms with E-state index in [2.05, 4.69) is 33.0 Å². The normalized spacial score (nSPS) is 22.2. The summed E-state index contributed by atoms with van der Waals surface area (Å²) in [5.74, 6) is 0.947. The lowest BCUT2D eigenvalue weighted by atomic mass is 9.94. The third kappa shape index (κ3) is 4.12. The van der Waals surface area contributed by atoms with Crippen molar-refractivity contribution in [2.45, 2.75) is 59.4 Å².